The van der Waals surface area contributed by atoms with E-state index in [2.05, 4.69) is 31.1 Å². The first-order chi connectivity index (χ1) is 11.5. The summed E-state index contributed by atoms with van der Waals surface area (Å²) in [5, 5.41) is 5.94. The lowest BCUT2D eigenvalue weighted by molar-refractivity contribution is -0.121. The van der Waals surface area contributed by atoms with Crippen LogP contribution >= 0.6 is 0 Å². The second-order valence-corrected chi connectivity index (χ2v) is 6.72. The molecule has 0 fully saturated rings. The first kappa shape index (κ1) is 22.6. The largest absolute Gasteiger partial charge is 0.356 e. The molecule has 0 aliphatic carbocycles. The van der Waals surface area contributed by atoms with Gasteiger partial charge in [-0.15, -0.1) is 0 Å². The van der Waals surface area contributed by atoms with Crippen LogP contribution in [0.2, 0.25) is 0 Å². The molecule has 0 spiro atoms. The highest BCUT2D eigenvalue weighted by Crippen LogP contribution is 2.12. The van der Waals surface area contributed by atoms with Crippen molar-refractivity contribution in [2.45, 2.75) is 77.7 Å². The first-order valence-corrected chi connectivity index (χ1v) is 9.41. The van der Waals surface area contributed by atoms with E-state index in [0.717, 1.165) is 64.5 Å². The van der Waals surface area contributed by atoms with Gasteiger partial charge in [-0.3, -0.25) is 9.59 Å². The number of rotatable bonds is 15. The Labute approximate surface area is 147 Å². The molecule has 5 heteroatoms. The summed E-state index contributed by atoms with van der Waals surface area (Å²) in [6.07, 6.45) is 10.2. The van der Waals surface area contributed by atoms with Gasteiger partial charge >= 0.3 is 0 Å². The van der Waals surface area contributed by atoms with E-state index in [1.807, 2.05) is 0 Å². The molecule has 0 unspecified atom stereocenters. The van der Waals surface area contributed by atoms with Gasteiger partial charge in [0.05, 0.1) is 0 Å². The molecule has 0 aromatic rings. The summed E-state index contributed by atoms with van der Waals surface area (Å²) in [5.74, 6) is 0.435. The average molecular weight is 340 g/mol. The molecule has 0 aromatic heterocycles. The van der Waals surface area contributed by atoms with Crippen molar-refractivity contribution in [2.24, 2.45) is 11.7 Å². The molecule has 0 rings (SSSR count). The molecule has 0 bridgehead atoms. The highest BCUT2D eigenvalue weighted by Gasteiger charge is 2.14. The van der Waals surface area contributed by atoms with Crippen molar-refractivity contribution < 1.29 is 9.59 Å². The zero-order chi connectivity index (χ0) is 18.2. The fraction of sp³-hybridized carbons (Fsp3) is 0.789. The third kappa shape index (κ3) is 13.1. The van der Waals surface area contributed by atoms with E-state index in [0.29, 0.717) is 12.3 Å². The van der Waals surface area contributed by atoms with Crippen molar-refractivity contribution in [3.05, 3.63) is 12.7 Å². The lowest BCUT2D eigenvalue weighted by atomic mass is 9.97. The maximum absolute atomic E-state index is 11.7. The predicted octanol–water partition coefficient (Wildman–Crippen LogP) is 2.90. The van der Waals surface area contributed by atoms with E-state index < -0.39 is 0 Å². The second-order valence-electron chi connectivity index (χ2n) is 6.72. The van der Waals surface area contributed by atoms with Gasteiger partial charge in [0, 0.05) is 19.0 Å². The summed E-state index contributed by atoms with van der Waals surface area (Å²) in [4.78, 5) is 23.1. The SMILES string of the molecule is C=CC(=O)N[C@H](CCCCCC(=O)NCCCCCCN)C(C)C. The lowest BCUT2D eigenvalue weighted by Gasteiger charge is -2.21. The molecule has 0 aromatic carbocycles. The van der Waals surface area contributed by atoms with Crippen LogP contribution in [0.15, 0.2) is 12.7 Å². The molecule has 4 N–H and O–H groups in total. The topological polar surface area (TPSA) is 84.2 Å². The van der Waals surface area contributed by atoms with Crippen molar-refractivity contribution in [3.63, 3.8) is 0 Å². The van der Waals surface area contributed by atoms with Gasteiger partial charge in [0.25, 0.3) is 0 Å². The summed E-state index contributed by atoms with van der Waals surface area (Å²) in [6.45, 7) is 9.22. The van der Waals surface area contributed by atoms with Gasteiger partial charge in [0.1, 0.15) is 0 Å². The summed E-state index contributed by atoms with van der Waals surface area (Å²) in [5.41, 5.74) is 5.44. The highest BCUT2D eigenvalue weighted by molar-refractivity contribution is 5.87. The summed E-state index contributed by atoms with van der Waals surface area (Å²) in [7, 11) is 0. The second kappa shape index (κ2) is 15.2. The number of unbranched alkanes of at least 4 members (excludes halogenated alkanes) is 5. The number of amides is 2. The van der Waals surface area contributed by atoms with Crippen molar-refractivity contribution in [3.8, 4) is 0 Å². The molecule has 5 nitrogen and oxygen atoms in total. The van der Waals surface area contributed by atoms with Crippen LogP contribution in [0.4, 0.5) is 0 Å². The Morgan fingerprint density at radius 3 is 2.33 bits per heavy atom. The lowest BCUT2D eigenvalue weighted by Crippen LogP contribution is -2.37. The minimum atomic E-state index is -0.112. The third-order valence-electron chi connectivity index (χ3n) is 4.19. The number of hydrogen-bond acceptors (Lipinski definition) is 3. The summed E-state index contributed by atoms with van der Waals surface area (Å²) >= 11 is 0. The van der Waals surface area contributed by atoms with Gasteiger partial charge in [0.15, 0.2) is 0 Å². The third-order valence-corrected chi connectivity index (χ3v) is 4.19. The van der Waals surface area contributed by atoms with E-state index in [9.17, 15) is 9.59 Å². The van der Waals surface area contributed by atoms with Crippen LogP contribution in [0, 0.1) is 5.92 Å². The minimum absolute atomic E-state index is 0.112. The van der Waals surface area contributed by atoms with E-state index in [1.54, 1.807) is 0 Å². The molecule has 1 atom stereocenters. The molecular weight excluding hydrogens is 302 g/mol. The number of carbonyl (C=O) groups excluding carboxylic acids is 2. The molecule has 2 amide bonds. The molecule has 0 aliphatic rings. The molecule has 0 saturated carbocycles. The Bertz CT molecular complexity index is 357. The number of carbonyl (C=O) groups is 2. The molecule has 24 heavy (non-hydrogen) atoms. The molecule has 140 valence electrons. The molecule has 0 aliphatic heterocycles. The number of nitrogens with one attached hydrogen (secondary N) is 2. The highest BCUT2D eigenvalue weighted by atomic mass is 16.2. The van der Waals surface area contributed by atoms with Crippen LogP contribution in [-0.4, -0.2) is 30.9 Å². The van der Waals surface area contributed by atoms with Crippen molar-refractivity contribution in [2.75, 3.05) is 13.1 Å². The van der Waals surface area contributed by atoms with Crippen LogP contribution < -0.4 is 16.4 Å². The Morgan fingerprint density at radius 1 is 1.04 bits per heavy atom. The number of nitrogens with two attached hydrogens (primary N) is 1. The van der Waals surface area contributed by atoms with Crippen LogP contribution in [0.5, 0.6) is 0 Å². The van der Waals surface area contributed by atoms with Gasteiger partial charge in [-0.1, -0.05) is 46.1 Å². The van der Waals surface area contributed by atoms with Crippen LogP contribution in [0.3, 0.4) is 0 Å². The monoisotopic (exact) mass is 339 g/mol. The fourth-order valence-electron chi connectivity index (χ4n) is 2.58. The Morgan fingerprint density at radius 2 is 1.71 bits per heavy atom. The fourth-order valence-corrected chi connectivity index (χ4v) is 2.58. The van der Waals surface area contributed by atoms with Crippen LogP contribution in [-0.2, 0) is 9.59 Å². The Balaban J connectivity index is 3.63. The van der Waals surface area contributed by atoms with Crippen LogP contribution in [0.1, 0.15) is 71.6 Å². The standard InChI is InChI=1S/C19H37N3O2/c1-4-18(23)22-17(16(2)3)12-8-7-9-13-19(24)21-15-11-6-5-10-14-20/h4,16-17H,1,5-15,20H2,2-3H3,(H,21,24)(H,22,23)/t17-/m1/s1. The molecule has 0 saturated heterocycles. The Kier molecular flexibility index (Phi) is 14.3. The van der Waals surface area contributed by atoms with Gasteiger partial charge in [-0.25, -0.2) is 0 Å². The van der Waals surface area contributed by atoms with E-state index in [-0.39, 0.29) is 17.9 Å². The maximum atomic E-state index is 11.7. The minimum Gasteiger partial charge on any atom is -0.356 e. The summed E-state index contributed by atoms with van der Waals surface area (Å²) in [6, 6.07) is 0.179. The van der Waals surface area contributed by atoms with E-state index >= 15 is 0 Å². The van der Waals surface area contributed by atoms with E-state index in [4.69, 9.17) is 5.73 Å². The van der Waals surface area contributed by atoms with Crippen molar-refractivity contribution >= 4 is 11.8 Å². The van der Waals surface area contributed by atoms with Gasteiger partial charge in [-0.2, -0.15) is 0 Å². The predicted molar refractivity (Wildman–Crippen MR) is 101 cm³/mol. The van der Waals surface area contributed by atoms with Crippen LogP contribution in [0.25, 0.3) is 0 Å². The van der Waals surface area contributed by atoms with Crippen molar-refractivity contribution in [1.29, 1.82) is 0 Å². The normalized spacial score (nSPS) is 12.0. The maximum Gasteiger partial charge on any atom is 0.243 e. The summed E-state index contributed by atoms with van der Waals surface area (Å²) < 4.78 is 0. The first-order valence-electron chi connectivity index (χ1n) is 9.41. The van der Waals surface area contributed by atoms with Crippen molar-refractivity contribution in [1.82, 2.24) is 10.6 Å². The van der Waals surface area contributed by atoms with E-state index in [1.165, 1.54) is 6.08 Å². The molecular formula is C19H37N3O2. The number of hydrogen-bond donors (Lipinski definition) is 3. The average Bonchev–Trinajstić information content (AvgIpc) is 2.56. The quantitative estimate of drug-likeness (QED) is 0.317. The Hall–Kier alpha value is -1.36. The zero-order valence-electron chi connectivity index (χ0n) is 15.6. The van der Waals surface area contributed by atoms with Gasteiger partial charge in [-0.05, 0) is 44.2 Å². The van der Waals surface area contributed by atoms with Gasteiger partial charge < -0.3 is 16.4 Å². The molecule has 0 heterocycles. The van der Waals surface area contributed by atoms with Gasteiger partial charge in [0.2, 0.25) is 11.8 Å². The smallest absolute Gasteiger partial charge is 0.243 e. The molecule has 0 radical (unpaired) electrons. The zero-order valence-corrected chi connectivity index (χ0v) is 15.6.